The number of halogens is 1. The van der Waals surface area contributed by atoms with Gasteiger partial charge in [0.25, 0.3) is 5.91 Å². The lowest BCUT2D eigenvalue weighted by atomic mass is 9.89. The molecule has 0 radical (unpaired) electrons. The maximum absolute atomic E-state index is 12.4. The zero-order valence-electron chi connectivity index (χ0n) is 15.0. The van der Waals surface area contributed by atoms with Crippen LogP contribution in [0.2, 0.25) is 5.02 Å². The Morgan fingerprint density at radius 1 is 1.23 bits per heavy atom. The van der Waals surface area contributed by atoms with Crippen LogP contribution in [0.3, 0.4) is 0 Å². The second kappa shape index (κ2) is 7.46. The van der Waals surface area contributed by atoms with E-state index in [0.29, 0.717) is 17.2 Å². The van der Waals surface area contributed by atoms with Crippen LogP contribution in [0.1, 0.15) is 31.9 Å². The first kappa shape index (κ1) is 18.4. The molecular weight excluding hydrogens is 354 g/mol. The molecule has 1 N–H and O–H groups in total. The smallest absolute Gasteiger partial charge is 0.258 e. The van der Waals surface area contributed by atoms with Gasteiger partial charge in [-0.2, -0.15) is 0 Å². The standard InChI is InChI=1S/C20H22ClNO4/c1-20(2)11-17(16-9-8-15(24-3)10-18(16)26-20)22-19(23)12-25-14-6-4-13(21)5-7-14/h4-10,17H,11-12H2,1-3H3,(H,22,23)/t17-/m1/s1. The molecule has 1 atom stereocenters. The van der Waals surface area contributed by atoms with Crippen molar-refractivity contribution in [1.82, 2.24) is 5.32 Å². The number of rotatable bonds is 5. The van der Waals surface area contributed by atoms with Crippen molar-refractivity contribution in [3.63, 3.8) is 0 Å². The molecule has 1 amide bonds. The van der Waals surface area contributed by atoms with E-state index in [-0.39, 0.29) is 18.6 Å². The normalized spacial score (nSPS) is 17.6. The molecule has 1 aliphatic rings. The number of methoxy groups -OCH3 is 1. The van der Waals surface area contributed by atoms with E-state index in [9.17, 15) is 4.79 Å². The number of benzene rings is 2. The fraction of sp³-hybridized carbons (Fsp3) is 0.350. The third-order valence-corrected chi connectivity index (χ3v) is 4.45. The van der Waals surface area contributed by atoms with Crippen LogP contribution >= 0.6 is 11.6 Å². The minimum atomic E-state index is -0.394. The average molecular weight is 376 g/mol. The van der Waals surface area contributed by atoms with Gasteiger partial charge in [-0.05, 0) is 50.2 Å². The summed E-state index contributed by atoms with van der Waals surface area (Å²) in [6.45, 7) is 3.93. The minimum Gasteiger partial charge on any atom is -0.497 e. The Labute approximate surface area is 158 Å². The van der Waals surface area contributed by atoms with Gasteiger partial charge in [-0.25, -0.2) is 0 Å². The maximum Gasteiger partial charge on any atom is 0.258 e. The number of carbonyl (C=O) groups excluding carboxylic acids is 1. The van der Waals surface area contributed by atoms with Gasteiger partial charge in [0.15, 0.2) is 6.61 Å². The lowest BCUT2D eigenvalue weighted by Crippen LogP contribution is -2.42. The highest BCUT2D eigenvalue weighted by Gasteiger charge is 2.34. The van der Waals surface area contributed by atoms with Crippen molar-refractivity contribution in [2.75, 3.05) is 13.7 Å². The van der Waals surface area contributed by atoms with Gasteiger partial charge in [0, 0.05) is 23.1 Å². The number of amides is 1. The topological polar surface area (TPSA) is 56.8 Å². The molecule has 0 spiro atoms. The number of nitrogens with one attached hydrogen (secondary N) is 1. The van der Waals surface area contributed by atoms with Crippen molar-refractivity contribution in [1.29, 1.82) is 0 Å². The maximum atomic E-state index is 12.4. The summed E-state index contributed by atoms with van der Waals surface area (Å²) in [7, 11) is 1.61. The number of hydrogen-bond acceptors (Lipinski definition) is 4. The zero-order chi connectivity index (χ0) is 18.7. The Morgan fingerprint density at radius 2 is 1.92 bits per heavy atom. The van der Waals surface area contributed by atoms with E-state index in [1.54, 1.807) is 31.4 Å². The Bertz CT molecular complexity index is 789. The van der Waals surface area contributed by atoms with E-state index in [4.69, 9.17) is 25.8 Å². The van der Waals surface area contributed by atoms with E-state index >= 15 is 0 Å². The predicted molar refractivity (Wildman–Crippen MR) is 100 cm³/mol. The molecule has 26 heavy (non-hydrogen) atoms. The Balaban J connectivity index is 1.68. The molecule has 0 unspecified atom stereocenters. The van der Waals surface area contributed by atoms with E-state index in [1.807, 2.05) is 32.0 Å². The van der Waals surface area contributed by atoms with Gasteiger partial charge >= 0.3 is 0 Å². The molecule has 0 aliphatic carbocycles. The van der Waals surface area contributed by atoms with Crippen LogP contribution in [0.4, 0.5) is 0 Å². The predicted octanol–water partition coefficient (Wildman–Crippen LogP) is 4.15. The Kier molecular flexibility index (Phi) is 5.28. The number of hydrogen-bond donors (Lipinski definition) is 1. The molecule has 1 heterocycles. The second-order valence-electron chi connectivity index (χ2n) is 6.83. The van der Waals surface area contributed by atoms with Crippen molar-refractivity contribution < 1.29 is 19.0 Å². The van der Waals surface area contributed by atoms with E-state index in [0.717, 1.165) is 17.1 Å². The number of fused-ring (bicyclic) bond motifs is 1. The van der Waals surface area contributed by atoms with Gasteiger partial charge in [-0.3, -0.25) is 4.79 Å². The molecule has 6 heteroatoms. The zero-order valence-corrected chi connectivity index (χ0v) is 15.8. The van der Waals surface area contributed by atoms with E-state index in [2.05, 4.69) is 5.32 Å². The summed E-state index contributed by atoms with van der Waals surface area (Å²) in [4.78, 5) is 12.4. The second-order valence-corrected chi connectivity index (χ2v) is 7.27. The first-order chi connectivity index (χ1) is 12.4. The van der Waals surface area contributed by atoms with Crippen molar-refractivity contribution in [2.45, 2.75) is 31.9 Å². The lowest BCUT2D eigenvalue weighted by Gasteiger charge is -2.38. The van der Waals surface area contributed by atoms with Crippen molar-refractivity contribution in [3.8, 4) is 17.2 Å². The average Bonchev–Trinajstić information content (AvgIpc) is 2.59. The molecule has 0 bridgehead atoms. The van der Waals surface area contributed by atoms with Gasteiger partial charge in [-0.1, -0.05) is 11.6 Å². The van der Waals surface area contributed by atoms with Crippen LogP contribution in [0.5, 0.6) is 17.2 Å². The summed E-state index contributed by atoms with van der Waals surface area (Å²) in [5.41, 5.74) is 0.541. The Hall–Kier alpha value is -2.40. The first-order valence-electron chi connectivity index (χ1n) is 8.41. The third kappa shape index (κ3) is 4.41. The molecule has 2 aromatic rings. The Morgan fingerprint density at radius 3 is 2.62 bits per heavy atom. The highest BCUT2D eigenvalue weighted by Crippen LogP contribution is 2.41. The van der Waals surface area contributed by atoms with Crippen LogP contribution in [0, 0.1) is 0 Å². The lowest BCUT2D eigenvalue weighted by molar-refractivity contribution is -0.124. The monoisotopic (exact) mass is 375 g/mol. The third-order valence-electron chi connectivity index (χ3n) is 4.20. The van der Waals surface area contributed by atoms with Crippen molar-refractivity contribution in [2.24, 2.45) is 0 Å². The summed E-state index contributed by atoms with van der Waals surface area (Å²) in [6, 6.07) is 12.4. The van der Waals surface area contributed by atoms with E-state index in [1.165, 1.54) is 0 Å². The minimum absolute atomic E-state index is 0.0646. The van der Waals surface area contributed by atoms with Crippen LogP contribution in [0.25, 0.3) is 0 Å². The summed E-state index contributed by atoms with van der Waals surface area (Å²) in [5, 5.41) is 3.66. The van der Waals surface area contributed by atoms with Crippen molar-refractivity contribution >= 4 is 17.5 Å². The SMILES string of the molecule is COc1ccc2c(c1)OC(C)(C)C[C@H]2NC(=O)COc1ccc(Cl)cc1. The van der Waals surface area contributed by atoms with Crippen LogP contribution < -0.4 is 19.5 Å². The van der Waals surface area contributed by atoms with Gasteiger partial charge in [0.1, 0.15) is 22.8 Å². The van der Waals surface area contributed by atoms with Crippen molar-refractivity contribution in [3.05, 3.63) is 53.1 Å². The van der Waals surface area contributed by atoms with Gasteiger partial charge in [0.05, 0.1) is 13.2 Å². The first-order valence-corrected chi connectivity index (χ1v) is 8.79. The fourth-order valence-corrected chi connectivity index (χ4v) is 3.13. The number of ether oxygens (including phenoxy) is 3. The van der Waals surface area contributed by atoms with Gasteiger partial charge < -0.3 is 19.5 Å². The largest absolute Gasteiger partial charge is 0.497 e. The molecule has 1 aliphatic heterocycles. The molecule has 0 saturated heterocycles. The molecule has 0 saturated carbocycles. The number of carbonyl (C=O) groups is 1. The molecule has 5 nitrogen and oxygen atoms in total. The molecule has 3 rings (SSSR count). The highest BCUT2D eigenvalue weighted by molar-refractivity contribution is 6.30. The summed E-state index contributed by atoms with van der Waals surface area (Å²) >= 11 is 5.84. The summed E-state index contributed by atoms with van der Waals surface area (Å²) in [6.07, 6.45) is 0.666. The highest BCUT2D eigenvalue weighted by atomic mass is 35.5. The fourth-order valence-electron chi connectivity index (χ4n) is 3.00. The van der Waals surface area contributed by atoms with Crippen LogP contribution in [0.15, 0.2) is 42.5 Å². The molecule has 2 aromatic carbocycles. The molecule has 138 valence electrons. The van der Waals surface area contributed by atoms with Crippen LogP contribution in [-0.2, 0) is 4.79 Å². The van der Waals surface area contributed by atoms with Crippen LogP contribution in [-0.4, -0.2) is 25.2 Å². The van der Waals surface area contributed by atoms with Gasteiger partial charge in [0.2, 0.25) is 0 Å². The quantitative estimate of drug-likeness (QED) is 0.853. The molecular formula is C20H22ClNO4. The summed E-state index contributed by atoms with van der Waals surface area (Å²) in [5.74, 6) is 1.86. The van der Waals surface area contributed by atoms with E-state index < -0.39 is 5.60 Å². The van der Waals surface area contributed by atoms with Gasteiger partial charge in [-0.15, -0.1) is 0 Å². The molecule has 0 aromatic heterocycles. The summed E-state index contributed by atoms with van der Waals surface area (Å²) < 4.78 is 16.8. The molecule has 0 fully saturated rings.